The number of hydrazone groups is 1. The Morgan fingerprint density at radius 3 is 2.56 bits per heavy atom. The van der Waals surface area contributed by atoms with Gasteiger partial charge in [0.05, 0.1) is 5.41 Å². The molecule has 0 aromatic heterocycles. The molecule has 1 unspecified atom stereocenters. The van der Waals surface area contributed by atoms with Gasteiger partial charge in [-0.2, -0.15) is 5.10 Å². The monoisotopic (exact) mass is 499 g/mol. The molecule has 36 heavy (non-hydrogen) atoms. The molecule has 1 aliphatic rings. The van der Waals surface area contributed by atoms with Gasteiger partial charge in [-0.25, -0.2) is 0 Å². The highest BCUT2D eigenvalue weighted by atomic mass is 16.2. The summed E-state index contributed by atoms with van der Waals surface area (Å²) in [5.41, 5.74) is 2.28. The molecule has 0 aliphatic carbocycles. The van der Waals surface area contributed by atoms with Crippen molar-refractivity contribution in [1.29, 1.82) is 0 Å². The van der Waals surface area contributed by atoms with Gasteiger partial charge in [0.25, 0.3) is 0 Å². The molecule has 0 aromatic rings. The predicted molar refractivity (Wildman–Crippen MR) is 154 cm³/mol. The van der Waals surface area contributed by atoms with Gasteiger partial charge in [-0.15, -0.1) is 0 Å². The van der Waals surface area contributed by atoms with Gasteiger partial charge in [-0.3, -0.25) is 19.7 Å². The molecule has 0 spiro atoms. The first-order valence-electron chi connectivity index (χ1n) is 13.1. The number of hydrogen-bond acceptors (Lipinski definition) is 7. The van der Waals surface area contributed by atoms with E-state index in [9.17, 15) is 4.79 Å². The van der Waals surface area contributed by atoms with Crippen LogP contribution in [0.2, 0.25) is 0 Å². The lowest BCUT2D eigenvalue weighted by Crippen LogP contribution is -2.41. The summed E-state index contributed by atoms with van der Waals surface area (Å²) in [6.07, 6.45) is 12.8. The molecule has 0 saturated carbocycles. The molecule has 0 saturated heterocycles. The molecule has 0 bridgehead atoms. The molecule has 202 valence electrons. The van der Waals surface area contributed by atoms with Crippen LogP contribution in [-0.2, 0) is 4.79 Å². The summed E-state index contributed by atoms with van der Waals surface area (Å²) in [6.45, 7) is 19.3. The molecule has 8 nitrogen and oxygen atoms in total. The van der Waals surface area contributed by atoms with E-state index in [0.29, 0.717) is 6.67 Å². The Hall–Kier alpha value is -2.87. The minimum Gasteiger partial charge on any atom is -0.374 e. The van der Waals surface area contributed by atoms with Crippen molar-refractivity contribution in [2.24, 2.45) is 15.5 Å². The van der Waals surface area contributed by atoms with Crippen LogP contribution in [0.3, 0.4) is 0 Å². The lowest BCUT2D eigenvalue weighted by atomic mass is 9.86. The first kappa shape index (κ1) is 31.2. The highest BCUT2D eigenvalue weighted by molar-refractivity contribution is 6.00. The van der Waals surface area contributed by atoms with Crippen LogP contribution in [-0.4, -0.2) is 74.7 Å². The summed E-state index contributed by atoms with van der Waals surface area (Å²) in [7, 11) is 3.84. The van der Waals surface area contributed by atoms with Crippen molar-refractivity contribution >= 4 is 18.3 Å². The zero-order chi connectivity index (χ0) is 27.1. The van der Waals surface area contributed by atoms with E-state index in [2.05, 4.69) is 72.5 Å². The van der Waals surface area contributed by atoms with E-state index in [1.807, 2.05) is 56.4 Å². The third kappa shape index (κ3) is 9.30. The van der Waals surface area contributed by atoms with Crippen molar-refractivity contribution in [2.75, 3.05) is 40.4 Å². The van der Waals surface area contributed by atoms with Crippen LogP contribution in [0.25, 0.3) is 0 Å². The van der Waals surface area contributed by atoms with Gasteiger partial charge in [0.2, 0.25) is 5.91 Å². The summed E-state index contributed by atoms with van der Waals surface area (Å²) < 4.78 is 0. The van der Waals surface area contributed by atoms with Crippen molar-refractivity contribution in [3.05, 3.63) is 47.5 Å². The fourth-order valence-electron chi connectivity index (χ4n) is 3.79. The molecule has 1 heterocycles. The van der Waals surface area contributed by atoms with Crippen LogP contribution >= 0.6 is 0 Å². The minimum atomic E-state index is -0.619. The second-order valence-electron chi connectivity index (χ2n) is 9.53. The fraction of sp³-hybridized carbons (Fsp3) is 0.607. The molecule has 0 fully saturated rings. The summed E-state index contributed by atoms with van der Waals surface area (Å²) in [5, 5.41) is 16.2. The SMILES string of the molecule is C=C(/C=C\C(=C/CC)CNCCN(C)/N=C\CC)NC/N=C\C1=C(NC)N(C(C)CC)C(=O)C1(C)C. The quantitative estimate of drug-likeness (QED) is 0.122. The Balaban J connectivity index is 2.65. The molecule has 8 heteroatoms. The number of carbonyl (C=O) groups is 1. The van der Waals surface area contributed by atoms with Crippen LogP contribution in [0, 0.1) is 5.41 Å². The van der Waals surface area contributed by atoms with Crippen LogP contribution in [0.15, 0.2) is 57.6 Å². The van der Waals surface area contributed by atoms with E-state index >= 15 is 0 Å². The van der Waals surface area contributed by atoms with Crippen molar-refractivity contribution in [1.82, 2.24) is 25.9 Å². The standard InChI is InChI=1S/C28H49N7O/c1-10-13-24(19-30-17-18-34(9)33-16-11-2)15-14-22(4)32-21-31-20-25-26(29-8)35(23(5)12-3)27(36)28(25,6)7/h13-16,20,23,29-30,32H,4,10-12,17-19,21H2,1-3,5-9H3/b15-14-,24-13+,31-20-,33-16-. The third-order valence-electron chi connectivity index (χ3n) is 6.18. The van der Waals surface area contributed by atoms with Gasteiger partial charge in [-0.1, -0.05) is 39.5 Å². The second-order valence-corrected chi connectivity index (χ2v) is 9.53. The number of aliphatic imine (C=N–C) groups is 1. The number of rotatable bonds is 17. The Morgan fingerprint density at radius 1 is 1.22 bits per heavy atom. The van der Waals surface area contributed by atoms with Crippen LogP contribution < -0.4 is 16.0 Å². The molecule has 1 rings (SSSR count). The van der Waals surface area contributed by atoms with E-state index in [0.717, 1.165) is 56.0 Å². The van der Waals surface area contributed by atoms with Crippen LogP contribution in [0.4, 0.5) is 0 Å². The maximum atomic E-state index is 13.0. The Kier molecular flexibility index (Phi) is 13.8. The van der Waals surface area contributed by atoms with Crippen molar-refractivity contribution in [3.8, 4) is 0 Å². The highest BCUT2D eigenvalue weighted by Crippen LogP contribution is 2.39. The summed E-state index contributed by atoms with van der Waals surface area (Å²) in [6, 6.07) is 0.128. The Bertz CT molecular complexity index is 867. The second kappa shape index (κ2) is 16.0. The molecule has 1 aliphatic heterocycles. The number of hydrogen-bond donors (Lipinski definition) is 3. The summed E-state index contributed by atoms with van der Waals surface area (Å²) >= 11 is 0. The molecule has 0 aromatic carbocycles. The van der Waals surface area contributed by atoms with E-state index in [1.54, 1.807) is 0 Å². The molecule has 1 atom stereocenters. The van der Waals surface area contributed by atoms with Gasteiger partial charge in [0.1, 0.15) is 12.5 Å². The number of allylic oxidation sites excluding steroid dienone is 2. The Labute approximate surface area is 219 Å². The van der Waals surface area contributed by atoms with Gasteiger partial charge in [-0.05, 0) is 51.7 Å². The van der Waals surface area contributed by atoms with E-state index in [4.69, 9.17) is 0 Å². The maximum Gasteiger partial charge on any atom is 0.238 e. The Morgan fingerprint density at radius 2 is 1.94 bits per heavy atom. The van der Waals surface area contributed by atoms with Crippen molar-refractivity contribution in [2.45, 2.75) is 66.8 Å². The van der Waals surface area contributed by atoms with Gasteiger partial charge >= 0.3 is 0 Å². The van der Waals surface area contributed by atoms with Crippen molar-refractivity contribution in [3.63, 3.8) is 0 Å². The average molecular weight is 500 g/mol. The molecular weight excluding hydrogens is 450 g/mol. The molecule has 1 amide bonds. The predicted octanol–water partition coefficient (Wildman–Crippen LogP) is 4.03. The number of nitrogens with zero attached hydrogens (tertiary/aromatic N) is 4. The zero-order valence-electron chi connectivity index (χ0n) is 23.8. The minimum absolute atomic E-state index is 0.104. The smallest absolute Gasteiger partial charge is 0.238 e. The third-order valence-corrected chi connectivity index (χ3v) is 6.18. The maximum absolute atomic E-state index is 13.0. The first-order chi connectivity index (χ1) is 17.1. The zero-order valence-corrected chi connectivity index (χ0v) is 23.8. The van der Waals surface area contributed by atoms with E-state index in [1.165, 1.54) is 5.57 Å². The molecular formula is C28H49N7O. The summed E-state index contributed by atoms with van der Waals surface area (Å²) in [4.78, 5) is 19.5. The lowest BCUT2D eigenvalue weighted by molar-refractivity contribution is -0.135. The topological polar surface area (TPSA) is 84.4 Å². The van der Waals surface area contributed by atoms with Gasteiger partial charge in [0.15, 0.2) is 0 Å². The first-order valence-corrected chi connectivity index (χ1v) is 13.1. The van der Waals surface area contributed by atoms with Crippen molar-refractivity contribution < 1.29 is 4.79 Å². The number of likely N-dealkylation sites (N-methyl/N-ethyl adjacent to an activating group) is 1. The highest BCUT2D eigenvalue weighted by Gasteiger charge is 2.46. The fourth-order valence-corrected chi connectivity index (χ4v) is 3.79. The number of amides is 1. The van der Waals surface area contributed by atoms with E-state index in [-0.39, 0.29) is 11.9 Å². The van der Waals surface area contributed by atoms with Gasteiger partial charge in [0, 0.05) is 63.5 Å². The largest absolute Gasteiger partial charge is 0.374 e. The average Bonchev–Trinajstić information content (AvgIpc) is 3.05. The van der Waals surface area contributed by atoms with E-state index < -0.39 is 5.41 Å². The molecule has 3 N–H and O–H groups in total. The number of carbonyl (C=O) groups excluding carboxylic acids is 1. The van der Waals surface area contributed by atoms with Gasteiger partial charge < -0.3 is 16.0 Å². The normalized spacial score (nSPS) is 17.2. The number of nitrogens with one attached hydrogen (secondary N) is 3. The van der Waals surface area contributed by atoms with Crippen LogP contribution in [0.5, 0.6) is 0 Å². The molecule has 0 radical (unpaired) electrons. The van der Waals surface area contributed by atoms with Crippen LogP contribution in [0.1, 0.15) is 60.8 Å². The summed E-state index contributed by atoms with van der Waals surface area (Å²) in [5.74, 6) is 0.944. The lowest BCUT2D eigenvalue weighted by Gasteiger charge is -2.28.